The van der Waals surface area contributed by atoms with E-state index < -0.39 is 23.4 Å². The summed E-state index contributed by atoms with van der Waals surface area (Å²) in [4.78, 5) is 28.9. The molecule has 1 aliphatic carbocycles. The van der Waals surface area contributed by atoms with Gasteiger partial charge in [0.1, 0.15) is 16.3 Å². The molecule has 3 rings (SSSR count). The number of amides is 1. The number of hydrogen-bond acceptors (Lipinski definition) is 4. The fourth-order valence-corrected chi connectivity index (χ4v) is 4.38. The van der Waals surface area contributed by atoms with Crippen molar-refractivity contribution in [2.24, 2.45) is 0 Å². The maximum atomic E-state index is 13.9. The number of carbonyl (C=O) groups is 2. The average Bonchev–Trinajstić information content (AvgIpc) is 3.08. The van der Waals surface area contributed by atoms with Crippen LogP contribution < -0.4 is 0 Å². The van der Waals surface area contributed by atoms with Crippen LogP contribution in [0, 0.1) is 17.5 Å². The fourth-order valence-electron chi connectivity index (χ4n) is 3.41. The highest BCUT2D eigenvalue weighted by Gasteiger charge is 2.27. The second-order valence-corrected chi connectivity index (χ2v) is 7.73. The smallest absolute Gasteiger partial charge is 0.303 e. The first kappa shape index (κ1) is 19.6. The van der Waals surface area contributed by atoms with Crippen LogP contribution in [0.25, 0.3) is 10.2 Å². The summed E-state index contributed by atoms with van der Waals surface area (Å²) >= 11 is 0.878. The number of carboxylic acid groups (broad SMARTS) is 1. The number of carbonyl (C=O) groups excluding carboxylic acids is 1. The quantitative estimate of drug-likeness (QED) is 0.737. The zero-order chi connectivity index (χ0) is 19.6. The van der Waals surface area contributed by atoms with Gasteiger partial charge in [-0.05, 0) is 12.8 Å². The predicted molar refractivity (Wildman–Crippen MR) is 93.8 cm³/mol. The molecule has 27 heavy (non-hydrogen) atoms. The van der Waals surface area contributed by atoms with Gasteiger partial charge in [0, 0.05) is 18.5 Å². The molecule has 9 heteroatoms. The lowest BCUT2D eigenvalue weighted by Gasteiger charge is -2.34. The van der Waals surface area contributed by atoms with E-state index in [9.17, 15) is 22.8 Å². The van der Waals surface area contributed by atoms with Crippen molar-refractivity contribution in [2.45, 2.75) is 57.5 Å². The van der Waals surface area contributed by atoms with Gasteiger partial charge in [0.25, 0.3) is 0 Å². The van der Waals surface area contributed by atoms with Crippen molar-refractivity contribution in [3.05, 3.63) is 28.5 Å². The van der Waals surface area contributed by atoms with Crippen LogP contribution in [0.4, 0.5) is 13.2 Å². The Kier molecular flexibility index (Phi) is 5.98. The Bertz CT molecular complexity index is 865. The number of hydrogen-bond donors (Lipinski definition) is 1. The third kappa shape index (κ3) is 4.40. The minimum atomic E-state index is -1.31. The highest BCUT2D eigenvalue weighted by molar-refractivity contribution is 7.18. The standard InChI is InChI=1S/C18H19F3N2O3S/c19-11-8-12(20)18-17(16(11)21)22-13(27-18)9-23(10-4-2-1-3-5-10)14(24)6-7-15(25)26/h8,10H,1-7,9H2,(H,25,26). The van der Waals surface area contributed by atoms with Crippen molar-refractivity contribution in [1.29, 1.82) is 0 Å². The summed E-state index contributed by atoms with van der Waals surface area (Å²) in [5.74, 6) is -4.80. The molecule has 5 nitrogen and oxygen atoms in total. The summed E-state index contributed by atoms with van der Waals surface area (Å²) in [5.41, 5.74) is -0.380. The first-order valence-corrected chi connectivity index (χ1v) is 9.62. The van der Waals surface area contributed by atoms with E-state index >= 15 is 0 Å². The molecule has 1 aromatic carbocycles. The van der Waals surface area contributed by atoms with E-state index in [-0.39, 0.29) is 41.6 Å². The van der Waals surface area contributed by atoms with Gasteiger partial charge in [-0.3, -0.25) is 9.59 Å². The summed E-state index contributed by atoms with van der Waals surface area (Å²) in [6.45, 7) is 0.0307. The Morgan fingerprint density at radius 2 is 1.85 bits per heavy atom. The van der Waals surface area contributed by atoms with Gasteiger partial charge in [0.05, 0.1) is 17.7 Å². The molecule has 1 heterocycles. The zero-order valence-corrected chi connectivity index (χ0v) is 15.3. The minimum Gasteiger partial charge on any atom is -0.481 e. The highest BCUT2D eigenvalue weighted by Crippen LogP contribution is 2.31. The second-order valence-electron chi connectivity index (χ2n) is 6.65. The molecule has 1 saturated carbocycles. The summed E-state index contributed by atoms with van der Waals surface area (Å²) in [6, 6.07) is 0.426. The van der Waals surface area contributed by atoms with Gasteiger partial charge >= 0.3 is 5.97 Å². The first-order chi connectivity index (χ1) is 12.9. The number of carboxylic acids is 1. The van der Waals surface area contributed by atoms with Gasteiger partial charge < -0.3 is 10.0 Å². The van der Waals surface area contributed by atoms with Crippen LogP contribution >= 0.6 is 11.3 Å². The lowest BCUT2D eigenvalue weighted by molar-refractivity contribution is -0.142. The van der Waals surface area contributed by atoms with E-state index in [2.05, 4.69) is 4.98 Å². The molecule has 146 valence electrons. The van der Waals surface area contributed by atoms with Crippen LogP contribution in [0.15, 0.2) is 6.07 Å². The van der Waals surface area contributed by atoms with E-state index in [1.165, 1.54) is 0 Å². The van der Waals surface area contributed by atoms with E-state index in [0.717, 1.165) is 43.4 Å². The van der Waals surface area contributed by atoms with E-state index in [1.807, 2.05) is 0 Å². The first-order valence-electron chi connectivity index (χ1n) is 8.81. The maximum Gasteiger partial charge on any atom is 0.303 e. The Morgan fingerprint density at radius 1 is 1.15 bits per heavy atom. The molecule has 1 N–H and O–H groups in total. The van der Waals surface area contributed by atoms with Crippen molar-refractivity contribution in [3.8, 4) is 0 Å². The summed E-state index contributed by atoms with van der Waals surface area (Å²) in [7, 11) is 0. The third-order valence-electron chi connectivity index (χ3n) is 4.75. The second kappa shape index (κ2) is 8.24. The molecule has 1 aliphatic rings. The number of aromatic nitrogens is 1. The molecular weight excluding hydrogens is 381 g/mol. The zero-order valence-electron chi connectivity index (χ0n) is 14.5. The Hall–Kier alpha value is -2.16. The van der Waals surface area contributed by atoms with Crippen LogP contribution in [-0.4, -0.2) is 32.9 Å². The third-order valence-corrected chi connectivity index (χ3v) is 5.80. The molecule has 1 aromatic heterocycles. The van der Waals surface area contributed by atoms with Crippen molar-refractivity contribution in [3.63, 3.8) is 0 Å². The number of thiazole rings is 1. The number of nitrogens with zero attached hydrogens (tertiary/aromatic N) is 2. The van der Waals surface area contributed by atoms with Gasteiger partial charge in [-0.1, -0.05) is 19.3 Å². The molecule has 0 bridgehead atoms. The molecule has 0 radical (unpaired) electrons. The van der Waals surface area contributed by atoms with Crippen molar-refractivity contribution in [2.75, 3.05) is 0 Å². The van der Waals surface area contributed by atoms with Gasteiger partial charge in [-0.25, -0.2) is 18.2 Å². The van der Waals surface area contributed by atoms with Crippen LogP contribution in [0.5, 0.6) is 0 Å². The lowest BCUT2D eigenvalue weighted by atomic mass is 9.94. The predicted octanol–water partition coefficient (Wildman–Crippen LogP) is 4.24. The summed E-state index contributed by atoms with van der Waals surface area (Å²) in [6.07, 6.45) is 4.15. The van der Waals surface area contributed by atoms with E-state index in [1.54, 1.807) is 4.90 Å². The van der Waals surface area contributed by atoms with Crippen molar-refractivity contribution < 1.29 is 27.9 Å². The monoisotopic (exact) mass is 400 g/mol. The van der Waals surface area contributed by atoms with Crippen LogP contribution in [0.3, 0.4) is 0 Å². The van der Waals surface area contributed by atoms with Gasteiger partial charge in [0.2, 0.25) is 5.91 Å². The Labute approximate surface area is 157 Å². The van der Waals surface area contributed by atoms with Crippen LogP contribution in [0.1, 0.15) is 50.0 Å². The van der Waals surface area contributed by atoms with E-state index in [4.69, 9.17) is 5.11 Å². The normalized spacial score (nSPS) is 15.2. The van der Waals surface area contributed by atoms with Crippen LogP contribution in [0.2, 0.25) is 0 Å². The summed E-state index contributed by atoms with van der Waals surface area (Å²) < 4.78 is 41.1. The van der Waals surface area contributed by atoms with Crippen molar-refractivity contribution in [1.82, 2.24) is 9.88 Å². The molecule has 0 spiro atoms. The fraction of sp³-hybridized carbons (Fsp3) is 0.500. The molecule has 0 saturated heterocycles. The molecule has 0 unspecified atom stereocenters. The number of halogens is 3. The number of aliphatic carboxylic acids is 1. The number of rotatable bonds is 6. The van der Waals surface area contributed by atoms with Gasteiger partial charge in [-0.2, -0.15) is 0 Å². The maximum absolute atomic E-state index is 13.9. The largest absolute Gasteiger partial charge is 0.481 e. The molecule has 0 aliphatic heterocycles. The Morgan fingerprint density at radius 3 is 2.52 bits per heavy atom. The topological polar surface area (TPSA) is 70.5 Å². The Balaban J connectivity index is 1.87. The molecule has 1 fully saturated rings. The minimum absolute atomic E-state index is 0.0307. The van der Waals surface area contributed by atoms with E-state index in [0.29, 0.717) is 11.1 Å². The lowest BCUT2D eigenvalue weighted by Crippen LogP contribution is -2.41. The molecule has 2 aromatic rings. The number of benzene rings is 1. The van der Waals surface area contributed by atoms with Crippen molar-refractivity contribution >= 4 is 33.4 Å². The SMILES string of the molecule is O=C(O)CCC(=O)N(Cc1nc2c(F)c(F)cc(F)c2s1)C1CCCCC1. The summed E-state index contributed by atoms with van der Waals surface area (Å²) in [5, 5.41) is 9.12. The van der Waals surface area contributed by atoms with Gasteiger partial charge in [-0.15, -0.1) is 11.3 Å². The average molecular weight is 400 g/mol. The van der Waals surface area contributed by atoms with Crippen LogP contribution in [-0.2, 0) is 16.1 Å². The van der Waals surface area contributed by atoms with Gasteiger partial charge in [0.15, 0.2) is 11.6 Å². The molecular formula is C18H19F3N2O3S. The molecule has 0 atom stereocenters. The molecule has 1 amide bonds. The highest BCUT2D eigenvalue weighted by atomic mass is 32.1. The number of fused-ring (bicyclic) bond motifs is 1.